The van der Waals surface area contributed by atoms with Gasteiger partial charge in [0.1, 0.15) is 5.75 Å². The highest BCUT2D eigenvalue weighted by atomic mass is 19.4. The number of fused-ring (bicyclic) bond motifs is 2. The van der Waals surface area contributed by atoms with E-state index < -0.39 is 11.7 Å². The molecule has 0 unspecified atom stereocenters. The number of nitrogens with one attached hydrogen (secondary N) is 2. The van der Waals surface area contributed by atoms with E-state index in [-0.39, 0.29) is 11.7 Å². The standard InChI is InChI=1S/C20H16F3N3O2/c21-20(22,23)13-3-4-14-12(2-1-7-28-18(14)9-13)8-19(27)26-17-11-25-16-10-24-6-5-15(16)17/h3-6,8-11,25H,1-2,7H2,(H,26,27). The number of rotatable bonds is 2. The van der Waals surface area contributed by atoms with Crippen LogP contribution in [-0.4, -0.2) is 22.5 Å². The first-order chi connectivity index (χ1) is 13.4. The van der Waals surface area contributed by atoms with Crippen molar-refractivity contribution in [2.75, 3.05) is 11.9 Å². The average molecular weight is 387 g/mol. The fourth-order valence-corrected chi connectivity index (χ4v) is 3.22. The van der Waals surface area contributed by atoms with Crippen LogP contribution in [0.2, 0.25) is 0 Å². The summed E-state index contributed by atoms with van der Waals surface area (Å²) < 4.78 is 44.4. The molecule has 0 saturated carbocycles. The summed E-state index contributed by atoms with van der Waals surface area (Å²) in [7, 11) is 0. The minimum atomic E-state index is -4.45. The Kier molecular flexibility index (Phi) is 4.54. The summed E-state index contributed by atoms with van der Waals surface area (Å²) in [5, 5.41) is 3.62. The first-order valence-corrected chi connectivity index (χ1v) is 8.69. The summed E-state index contributed by atoms with van der Waals surface area (Å²) in [6.07, 6.45) is 3.05. The van der Waals surface area contributed by atoms with E-state index >= 15 is 0 Å². The second-order valence-corrected chi connectivity index (χ2v) is 6.44. The van der Waals surface area contributed by atoms with Crippen LogP contribution in [0.4, 0.5) is 18.9 Å². The van der Waals surface area contributed by atoms with E-state index in [1.165, 1.54) is 12.1 Å². The average Bonchev–Trinajstić information content (AvgIpc) is 2.95. The molecule has 0 atom stereocenters. The van der Waals surface area contributed by atoms with Gasteiger partial charge >= 0.3 is 6.18 Å². The highest BCUT2D eigenvalue weighted by molar-refractivity contribution is 6.08. The van der Waals surface area contributed by atoms with Crippen molar-refractivity contribution >= 4 is 28.1 Å². The largest absolute Gasteiger partial charge is 0.493 e. The second-order valence-electron chi connectivity index (χ2n) is 6.44. The molecule has 2 N–H and O–H groups in total. The molecule has 3 aromatic rings. The zero-order valence-corrected chi connectivity index (χ0v) is 14.6. The third-order valence-corrected chi connectivity index (χ3v) is 4.55. The molecule has 8 heteroatoms. The number of carbonyl (C=O) groups is 1. The molecular weight excluding hydrogens is 371 g/mol. The lowest BCUT2D eigenvalue weighted by Crippen LogP contribution is -2.09. The van der Waals surface area contributed by atoms with Crippen molar-refractivity contribution in [2.45, 2.75) is 19.0 Å². The maximum Gasteiger partial charge on any atom is 0.416 e. The number of hydrogen-bond acceptors (Lipinski definition) is 3. The minimum Gasteiger partial charge on any atom is -0.493 e. The Morgan fingerprint density at radius 3 is 2.96 bits per heavy atom. The molecule has 1 amide bonds. The van der Waals surface area contributed by atoms with Gasteiger partial charge in [-0.3, -0.25) is 9.78 Å². The number of aromatic amines is 1. The van der Waals surface area contributed by atoms with Crippen molar-refractivity contribution in [3.63, 3.8) is 0 Å². The number of halogens is 3. The van der Waals surface area contributed by atoms with Gasteiger partial charge in [0.15, 0.2) is 0 Å². The Morgan fingerprint density at radius 2 is 2.14 bits per heavy atom. The van der Waals surface area contributed by atoms with Gasteiger partial charge in [0.25, 0.3) is 0 Å². The Hall–Kier alpha value is -3.29. The number of nitrogens with zero attached hydrogens (tertiary/aromatic N) is 1. The number of aromatic nitrogens is 2. The van der Waals surface area contributed by atoms with E-state index in [0.29, 0.717) is 36.3 Å². The van der Waals surface area contributed by atoms with Crippen molar-refractivity contribution in [3.8, 4) is 5.75 Å². The molecule has 0 saturated heterocycles. The molecule has 0 aliphatic carbocycles. The summed E-state index contributed by atoms with van der Waals surface area (Å²) in [6, 6.07) is 5.13. The zero-order chi connectivity index (χ0) is 19.7. The lowest BCUT2D eigenvalue weighted by Gasteiger charge is -2.13. The smallest absolute Gasteiger partial charge is 0.416 e. The number of allylic oxidation sites excluding steroid dienone is 1. The summed E-state index contributed by atoms with van der Waals surface area (Å²) in [6.45, 7) is 0.294. The first kappa shape index (κ1) is 18.1. The highest BCUT2D eigenvalue weighted by Gasteiger charge is 2.32. The maximum absolute atomic E-state index is 13.0. The fourth-order valence-electron chi connectivity index (χ4n) is 3.22. The molecule has 0 fully saturated rings. The van der Waals surface area contributed by atoms with Gasteiger partial charge in [-0.2, -0.15) is 13.2 Å². The second kappa shape index (κ2) is 7.03. The summed E-state index contributed by atoms with van der Waals surface area (Å²) in [4.78, 5) is 19.6. The number of hydrogen-bond donors (Lipinski definition) is 2. The maximum atomic E-state index is 13.0. The molecule has 1 aromatic carbocycles. The van der Waals surface area contributed by atoms with Crippen LogP contribution in [0.25, 0.3) is 16.5 Å². The number of alkyl halides is 3. The van der Waals surface area contributed by atoms with Crippen LogP contribution < -0.4 is 10.1 Å². The van der Waals surface area contributed by atoms with Crippen LogP contribution in [0.3, 0.4) is 0 Å². The Bertz CT molecular complexity index is 1070. The summed E-state index contributed by atoms with van der Waals surface area (Å²) in [5.74, 6) is -0.218. The van der Waals surface area contributed by atoms with E-state index in [9.17, 15) is 18.0 Å². The van der Waals surface area contributed by atoms with E-state index in [1.807, 2.05) is 0 Å². The monoisotopic (exact) mass is 387 g/mol. The molecule has 1 aliphatic heterocycles. The SMILES string of the molecule is O=C(C=C1CCCOc2cc(C(F)(F)F)ccc21)Nc1c[nH]c2cnccc12. The van der Waals surface area contributed by atoms with Crippen molar-refractivity contribution in [1.82, 2.24) is 9.97 Å². The quantitative estimate of drug-likeness (QED) is 0.622. The molecule has 0 bridgehead atoms. The van der Waals surface area contributed by atoms with Crippen LogP contribution in [0, 0.1) is 0 Å². The predicted octanol–water partition coefficient (Wildman–Crippen LogP) is 4.78. The van der Waals surface area contributed by atoms with Gasteiger partial charge in [0.2, 0.25) is 5.91 Å². The van der Waals surface area contributed by atoms with E-state index in [0.717, 1.165) is 23.0 Å². The van der Waals surface area contributed by atoms with Gasteiger partial charge < -0.3 is 15.0 Å². The number of carbonyl (C=O) groups excluding carboxylic acids is 1. The Morgan fingerprint density at radius 1 is 1.29 bits per heavy atom. The topological polar surface area (TPSA) is 67.0 Å². The first-order valence-electron chi connectivity index (χ1n) is 8.69. The fraction of sp³-hybridized carbons (Fsp3) is 0.200. The van der Waals surface area contributed by atoms with Crippen molar-refractivity contribution in [3.05, 3.63) is 60.1 Å². The van der Waals surface area contributed by atoms with E-state index in [4.69, 9.17) is 4.74 Å². The number of H-pyrrole nitrogens is 1. The van der Waals surface area contributed by atoms with Gasteiger partial charge in [-0.15, -0.1) is 0 Å². The van der Waals surface area contributed by atoms with Crippen molar-refractivity contribution < 1.29 is 22.7 Å². The zero-order valence-electron chi connectivity index (χ0n) is 14.6. The van der Waals surface area contributed by atoms with E-state index in [2.05, 4.69) is 15.3 Å². The van der Waals surface area contributed by atoms with Gasteiger partial charge in [0, 0.05) is 29.4 Å². The lowest BCUT2D eigenvalue weighted by atomic mass is 9.99. The molecule has 1 aliphatic rings. The third kappa shape index (κ3) is 3.58. The van der Waals surface area contributed by atoms with E-state index in [1.54, 1.807) is 24.7 Å². The van der Waals surface area contributed by atoms with Crippen LogP contribution in [0.15, 0.2) is 48.9 Å². The Balaban J connectivity index is 1.63. The molecule has 4 rings (SSSR count). The van der Waals surface area contributed by atoms with Gasteiger partial charge in [-0.1, -0.05) is 6.07 Å². The molecule has 144 valence electrons. The number of anilines is 1. The number of pyridine rings is 1. The highest BCUT2D eigenvalue weighted by Crippen LogP contribution is 2.38. The van der Waals surface area contributed by atoms with Crippen molar-refractivity contribution in [2.24, 2.45) is 0 Å². The number of benzene rings is 1. The molecular formula is C20H16F3N3O2. The normalized spacial score (nSPS) is 15.8. The van der Waals surface area contributed by atoms with Crippen LogP contribution in [-0.2, 0) is 11.0 Å². The molecule has 0 radical (unpaired) electrons. The van der Waals surface area contributed by atoms with Gasteiger partial charge in [0.05, 0.1) is 29.6 Å². The molecule has 0 spiro atoms. The number of ether oxygens (including phenoxy) is 1. The van der Waals surface area contributed by atoms with Crippen LogP contribution in [0.5, 0.6) is 5.75 Å². The minimum absolute atomic E-state index is 0.143. The van der Waals surface area contributed by atoms with Gasteiger partial charge in [-0.25, -0.2) is 0 Å². The lowest BCUT2D eigenvalue weighted by molar-refractivity contribution is -0.137. The van der Waals surface area contributed by atoms with Crippen LogP contribution in [0.1, 0.15) is 24.0 Å². The predicted molar refractivity (Wildman–Crippen MR) is 98.9 cm³/mol. The molecule has 3 heterocycles. The molecule has 28 heavy (non-hydrogen) atoms. The van der Waals surface area contributed by atoms with Crippen molar-refractivity contribution in [1.29, 1.82) is 0 Å². The number of amides is 1. The Labute approximate surface area is 158 Å². The molecule has 5 nitrogen and oxygen atoms in total. The van der Waals surface area contributed by atoms with Gasteiger partial charge in [-0.05, 0) is 36.6 Å². The molecule has 2 aromatic heterocycles. The summed E-state index contributed by atoms with van der Waals surface area (Å²) in [5.41, 5.74) is 1.77. The third-order valence-electron chi connectivity index (χ3n) is 4.55. The van der Waals surface area contributed by atoms with Crippen LogP contribution >= 0.6 is 0 Å². The summed E-state index contributed by atoms with van der Waals surface area (Å²) >= 11 is 0.